The first kappa shape index (κ1) is 17.8. The van der Waals surface area contributed by atoms with Gasteiger partial charge in [0.15, 0.2) is 0 Å². The fourth-order valence-electron chi connectivity index (χ4n) is 3.70. The van der Waals surface area contributed by atoms with Crippen molar-refractivity contribution in [2.24, 2.45) is 0 Å². The van der Waals surface area contributed by atoms with Crippen LogP contribution in [0.1, 0.15) is 17.5 Å². The first-order valence-corrected chi connectivity index (χ1v) is 8.66. The van der Waals surface area contributed by atoms with Gasteiger partial charge in [-0.15, -0.1) is 0 Å². The van der Waals surface area contributed by atoms with E-state index in [1.165, 1.54) is 7.11 Å². The summed E-state index contributed by atoms with van der Waals surface area (Å²) in [5.41, 5.74) is 2.98. The fourth-order valence-corrected chi connectivity index (χ4v) is 3.87. The summed E-state index contributed by atoms with van der Waals surface area (Å²) >= 11 is 6.31. The topological polar surface area (TPSA) is 32.8 Å². The molecular weight excluding hydrogens is 336 g/mol. The van der Waals surface area contributed by atoms with Gasteiger partial charge in [-0.2, -0.15) is 0 Å². The largest absolute Gasteiger partial charge is 0.468 e. The molecule has 0 radical (unpaired) electrons. The predicted octanol–water partition coefficient (Wildman–Crippen LogP) is 3.83. The van der Waals surface area contributed by atoms with E-state index in [9.17, 15) is 4.79 Å². The lowest BCUT2D eigenvalue weighted by Gasteiger charge is -2.43. The van der Waals surface area contributed by atoms with Crippen LogP contribution in [-0.4, -0.2) is 45.7 Å². The molecule has 1 heterocycles. The highest BCUT2D eigenvalue weighted by atomic mass is 35.5. The van der Waals surface area contributed by atoms with Crippen LogP contribution < -0.4 is 4.90 Å². The van der Waals surface area contributed by atoms with Gasteiger partial charge in [0, 0.05) is 23.4 Å². The number of hydrogen-bond acceptors (Lipinski definition) is 4. The monoisotopic (exact) mass is 358 g/mol. The maximum Gasteiger partial charge on any atom is 0.321 e. The van der Waals surface area contributed by atoms with E-state index in [0.29, 0.717) is 11.4 Å². The molecule has 4 nitrogen and oxygen atoms in total. The zero-order valence-corrected chi connectivity index (χ0v) is 15.8. The molecule has 1 atom stereocenters. The van der Waals surface area contributed by atoms with Gasteiger partial charge in [-0.25, -0.2) is 0 Å². The summed E-state index contributed by atoms with van der Waals surface area (Å²) in [6.45, 7) is 0.749. The highest BCUT2D eigenvalue weighted by molar-refractivity contribution is 6.30. The number of halogens is 1. The van der Waals surface area contributed by atoms with Crippen molar-refractivity contribution < 1.29 is 9.53 Å². The van der Waals surface area contributed by atoms with Crippen LogP contribution in [0.5, 0.6) is 0 Å². The van der Waals surface area contributed by atoms with Crippen molar-refractivity contribution in [3.05, 3.63) is 58.6 Å². The number of fused-ring (bicyclic) bond motifs is 2. The molecule has 2 aromatic rings. The first-order chi connectivity index (χ1) is 11.9. The number of benzene rings is 2. The van der Waals surface area contributed by atoms with Gasteiger partial charge >= 0.3 is 5.97 Å². The molecule has 0 saturated heterocycles. The number of rotatable bonds is 4. The Kier molecular flexibility index (Phi) is 4.76. The van der Waals surface area contributed by atoms with E-state index in [0.717, 1.165) is 29.0 Å². The molecule has 0 amide bonds. The average Bonchev–Trinajstić information content (AvgIpc) is 2.61. The minimum atomic E-state index is -0.873. The van der Waals surface area contributed by atoms with Crippen molar-refractivity contribution >= 4 is 28.9 Å². The summed E-state index contributed by atoms with van der Waals surface area (Å²) in [5.74, 6) is -0.251. The lowest BCUT2D eigenvalue weighted by atomic mass is 9.68. The third kappa shape index (κ3) is 2.79. The van der Waals surface area contributed by atoms with E-state index in [4.69, 9.17) is 16.3 Å². The van der Waals surface area contributed by atoms with Gasteiger partial charge in [-0.3, -0.25) is 4.79 Å². The Bertz CT molecular complexity index is 806. The number of carbonyl (C=O) groups is 1. The normalized spacial score (nSPS) is 18.7. The Morgan fingerprint density at radius 1 is 1.16 bits per heavy atom. The second-order valence-corrected chi connectivity index (χ2v) is 7.12. The molecule has 0 N–H and O–H groups in total. The summed E-state index contributed by atoms with van der Waals surface area (Å²) in [5, 5.41) is 0.615. The molecule has 3 rings (SSSR count). The Balaban J connectivity index is 2.33. The minimum Gasteiger partial charge on any atom is -0.468 e. The van der Waals surface area contributed by atoms with E-state index >= 15 is 0 Å². The summed E-state index contributed by atoms with van der Waals surface area (Å²) < 4.78 is 5.30. The zero-order valence-electron chi connectivity index (χ0n) is 15.0. The van der Waals surface area contributed by atoms with Gasteiger partial charge in [0.1, 0.15) is 5.41 Å². The lowest BCUT2D eigenvalue weighted by Crippen LogP contribution is -2.45. The number of anilines is 2. The van der Waals surface area contributed by atoms with E-state index in [1.807, 2.05) is 63.6 Å². The van der Waals surface area contributed by atoms with Crippen LogP contribution in [0.4, 0.5) is 11.4 Å². The molecule has 0 aliphatic carbocycles. The van der Waals surface area contributed by atoms with Crippen LogP contribution in [-0.2, 0) is 14.9 Å². The third-order valence-corrected chi connectivity index (χ3v) is 5.21. The van der Waals surface area contributed by atoms with Crippen LogP contribution in [0.3, 0.4) is 0 Å². The number of methoxy groups -OCH3 is 1. The molecule has 0 spiro atoms. The Morgan fingerprint density at radius 2 is 1.84 bits per heavy atom. The van der Waals surface area contributed by atoms with E-state index in [1.54, 1.807) is 0 Å². The van der Waals surface area contributed by atoms with Crippen LogP contribution in [0.15, 0.2) is 42.5 Å². The smallest absolute Gasteiger partial charge is 0.321 e. The Labute approximate surface area is 154 Å². The first-order valence-electron chi connectivity index (χ1n) is 8.28. The molecule has 132 valence electrons. The number of nitrogens with zero attached hydrogens (tertiary/aromatic N) is 2. The molecule has 0 saturated carbocycles. The molecular formula is C20H23ClN2O2. The molecule has 2 aromatic carbocycles. The molecule has 1 unspecified atom stereocenters. The fraction of sp³-hybridized carbons (Fsp3) is 0.350. The highest BCUT2D eigenvalue weighted by Crippen LogP contribution is 2.51. The molecule has 0 fully saturated rings. The van der Waals surface area contributed by atoms with Crippen molar-refractivity contribution in [2.75, 3.05) is 39.7 Å². The van der Waals surface area contributed by atoms with Gasteiger partial charge in [0.05, 0.1) is 7.11 Å². The van der Waals surface area contributed by atoms with Crippen LogP contribution in [0, 0.1) is 0 Å². The molecule has 5 heteroatoms. The second-order valence-electron chi connectivity index (χ2n) is 6.69. The third-order valence-electron chi connectivity index (χ3n) is 4.97. The second kappa shape index (κ2) is 6.70. The van der Waals surface area contributed by atoms with Gasteiger partial charge in [-0.05, 0) is 62.5 Å². The van der Waals surface area contributed by atoms with E-state index in [-0.39, 0.29) is 5.97 Å². The van der Waals surface area contributed by atoms with Gasteiger partial charge in [0.25, 0.3) is 0 Å². The molecule has 1 aliphatic rings. The van der Waals surface area contributed by atoms with Crippen molar-refractivity contribution in [3.8, 4) is 0 Å². The van der Waals surface area contributed by atoms with Crippen molar-refractivity contribution in [1.82, 2.24) is 4.90 Å². The molecule has 0 bridgehead atoms. The summed E-state index contributed by atoms with van der Waals surface area (Å²) in [4.78, 5) is 17.3. The standard InChI is InChI=1S/C20H23ClN2O2/c1-22(2)12-11-20(19(24)25-4)15-7-5-6-8-17(15)23(3)18-10-9-14(21)13-16(18)20/h5-10,13H,11-12H2,1-4H3. The number of carbonyl (C=O) groups excluding carboxylic acids is 1. The molecule has 25 heavy (non-hydrogen) atoms. The minimum absolute atomic E-state index is 0.251. The van der Waals surface area contributed by atoms with Crippen LogP contribution in [0.2, 0.25) is 5.02 Å². The summed E-state index contributed by atoms with van der Waals surface area (Å²) in [6, 6.07) is 13.7. The summed E-state index contributed by atoms with van der Waals surface area (Å²) in [6.07, 6.45) is 0.616. The Hall–Kier alpha value is -2.04. The number of esters is 1. The van der Waals surface area contributed by atoms with E-state index < -0.39 is 5.41 Å². The van der Waals surface area contributed by atoms with Gasteiger partial charge in [-0.1, -0.05) is 29.8 Å². The predicted molar refractivity (Wildman–Crippen MR) is 102 cm³/mol. The van der Waals surface area contributed by atoms with Gasteiger partial charge < -0.3 is 14.5 Å². The number of ether oxygens (including phenoxy) is 1. The van der Waals surface area contributed by atoms with Crippen molar-refractivity contribution in [1.29, 1.82) is 0 Å². The quantitative estimate of drug-likeness (QED) is 0.777. The number of hydrogen-bond donors (Lipinski definition) is 0. The van der Waals surface area contributed by atoms with Crippen LogP contribution >= 0.6 is 11.6 Å². The van der Waals surface area contributed by atoms with Crippen LogP contribution in [0.25, 0.3) is 0 Å². The Morgan fingerprint density at radius 3 is 2.52 bits per heavy atom. The van der Waals surface area contributed by atoms with E-state index in [2.05, 4.69) is 9.80 Å². The SMILES string of the molecule is COC(=O)C1(CCN(C)C)c2ccccc2N(C)c2ccc(Cl)cc21. The number of para-hydroxylation sites is 1. The highest BCUT2D eigenvalue weighted by Gasteiger charge is 2.49. The zero-order chi connectivity index (χ0) is 18.2. The lowest BCUT2D eigenvalue weighted by molar-refractivity contribution is -0.146. The maximum atomic E-state index is 13.1. The summed E-state index contributed by atoms with van der Waals surface area (Å²) in [7, 11) is 7.47. The van der Waals surface area contributed by atoms with Gasteiger partial charge in [0.2, 0.25) is 0 Å². The molecule has 0 aromatic heterocycles. The molecule has 1 aliphatic heterocycles. The average molecular weight is 359 g/mol. The van der Waals surface area contributed by atoms with Crippen molar-refractivity contribution in [3.63, 3.8) is 0 Å². The van der Waals surface area contributed by atoms with Crippen molar-refractivity contribution in [2.45, 2.75) is 11.8 Å². The maximum absolute atomic E-state index is 13.1.